The van der Waals surface area contributed by atoms with Gasteiger partial charge in [0.05, 0.1) is 18.2 Å². The van der Waals surface area contributed by atoms with Gasteiger partial charge in [-0.15, -0.1) is 0 Å². The summed E-state index contributed by atoms with van der Waals surface area (Å²) in [4.78, 5) is 38.8. The van der Waals surface area contributed by atoms with Crippen LogP contribution < -0.4 is 5.56 Å². The average Bonchev–Trinajstić information content (AvgIpc) is 2.85. The molecular weight excluding hydrogens is 412 g/mol. The Bertz CT molecular complexity index is 1040. The Hall–Kier alpha value is -2.47. The predicted molar refractivity (Wildman–Crippen MR) is 129 cm³/mol. The second-order valence-electron chi connectivity index (χ2n) is 10.1. The van der Waals surface area contributed by atoms with Crippen LogP contribution in [0.5, 0.6) is 0 Å². The fourth-order valence-electron chi connectivity index (χ4n) is 5.89. The lowest BCUT2D eigenvalue weighted by Gasteiger charge is -2.38. The van der Waals surface area contributed by atoms with Crippen LogP contribution in [0.15, 0.2) is 29.1 Å². The molecule has 6 heteroatoms. The number of fused-ring (bicyclic) bond motifs is 1. The van der Waals surface area contributed by atoms with E-state index in [-0.39, 0.29) is 17.5 Å². The highest BCUT2D eigenvalue weighted by Gasteiger charge is 2.32. The van der Waals surface area contributed by atoms with Gasteiger partial charge in [0.1, 0.15) is 5.82 Å². The van der Waals surface area contributed by atoms with E-state index in [1.807, 2.05) is 17.0 Å². The molecule has 1 saturated carbocycles. The summed E-state index contributed by atoms with van der Waals surface area (Å²) in [6, 6.07) is 8.66. The number of nitrogens with one attached hydrogen (secondary N) is 1. The predicted octanol–water partition coefficient (Wildman–Crippen LogP) is 4.07. The lowest BCUT2D eigenvalue weighted by atomic mass is 9.92. The molecule has 1 saturated heterocycles. The van der Waals surface area contributed by atoms with Gasteiger partial charge in [-0.05, 0) is 51.0 Å². The minimum atomic E-state index is -0.139. The molecule has 1 amide bonds. The molecule has 6 nitrogen and oxygen atoms in total. The Labute approximate surface area is 196 Å². The first-order valence-corrected chi connectivity index (χ1v) is 12.8. The largest absolute Gasteiger partial charge is 0.332 e. The third-order valence-corrected chi connectivity index (χ3v) is 7.83. The van der Waals surface area contributed by atoms with Crippen LogP contribution >= 0.6 is 0 Å². The van der Waals surface area contributed by atoms with E-state index in [2.05, 4.69) is 28.9 Å². The summed E-state index contributed by atoms with van der Waals surface area (Å²) in [6.45, 7) is 4.50. The van der Waals surface area contributed by atoms with Crippen molar-refractivity contribution in [1.29, 1.82) is 0 Å². The number of aryl methyl sites for hydroxylation is 1. The van der Waals surface area contributed by atoms with Gasteiger partial charge in [-0.25, -0.2) is 4.98 Å². The van der Waals surface area contributed by atoms with Crippen LogP contribution in [0.3, 0.4) is 0 Å². The van der Waals surface area contributed by atoms with E-state index >= 15 is 0 Å². The SMILES string of the molecule is Cc1ccc(CC(=O)N2CCCC[C@H]2c2nc3c(c(=O)[nH]2)CCN(C2CCCCC2)C3)cc1. The monoisotopic (exact) mass is 448 g/mol. The highest BCUT2D eigenvalue weighted by molar-refractivity contribution is 5.79. The molecular formula is C27H36N4O2. The number of carbonyl (C=O) groups excluding carboxylic acids is 1. The minimum Gasteiger partial charge on any atom is -0.332 e. The topological polar surface area (TPSA) is 69.3 Å². The van der Waals surface area contributed by atoms with E-state index in [0.717, 1.165) is 62.1 Å². The van der Waals surface area contributed by atoms with Crippen molar-refractivity contribution < 1.29 is 4.79 Å². The molecule has 2 fully saturated rings. The standard InChI is InChI=1S/C27H36N4O2/c1-19-10-12-20(13-11-19)17-25(32)31-15-6-5-9-24(31)26-28-23-18-30(21-7-3-2-4-8-21)16-14-22(23)27(33)29-26/h10-13,21,24H,2-9,14-18H2,1H3,(H,28,29,33)/t24-/m0/s1. The van der Waals surface area contributed by atoms with Crippen molar-refractivity contribution >= 4 is 5.91 Å². The number of piperidine rings is 1. The van der Waals surface area contributed by atoms with Crippen molar-refractivity contribution in [3.05, 3.63) is 62.8 Å². The van der Waals surface area contributed by atoms with E-state index in [1.54, 1.807) is 0 Å². The second-order valence-corrected chi connectivity index (χ2v) is 10.1. The molecule has 2 aromatic rings. The van der Waals surface area contributed by atoms with Gasteiger partial charge in [0.15, 0.2) is 0 Å². The molecule has 2 aliphatic heterocycles. The van der Waals surface area contributed by atoms with Crippen LogP contribution in [-0.4, -0.2) is 44.8 Å². The molecule has 1 atom stereocenters. The average molecular weight is 449 g/mol. The summed E-state index contributed by atoms with van der Waals surface area (Å²) in [5.41, 5.74) is 4.00. The van der Waals surface area contributed by atoms with Gasteiger partial charge in [-0.2, -0.15) is 0 Å². The number of hydrogen-bond donors (Lipinski definition) is 1. The molecule has 1 aromatic carbocycles. The number of carbonyl (C=O) groups is 1. The number of rotatable bonds is 4. The number of nitrogens with zero attached hydrogens (tertiary/aromatic N) is 3. The lowest BCUT2D eigenvalue weighted by Crippen LogP contribution is -2.44. The van der Waals surface area contributed by atoms with Gasteiger partial charge >= 0.3 is 0 Å². The number of aromatic nitrogens is 2. The molecule has 0 radical (unpaired) electrons. The molecule has 1 N–H and O–H groups in total. The summed E-state index contributed by atoms with van der Waals surface area (Å²) >= 11 is 0. The smallest absolute Gasteiger partial charge is 0.254 e. The fraction of sp³-hybridized carbons (Fsp3) is 0.593. The van der Waals surface area contributed by atoms with Crippen molar-refractivity contribution in [2.24, 2.45) is 0 Å². The van der Waals surface area contributed by atoms with E-state index in [9.17, 15) is 9.59 Å². The maximum absolute atomic E-state index is 13.3. The maximum Gasteiger partial charge on any atom is 0.254 e. The van der Waals surface area contributed by atoms with Crippen LogP contribution in [0.4, 0.5) is 0 Å². The van der Waals surface area contributed by atoms with Gasteiger partial charge in [-0.1, -0.05) is 49.1 Å². The third kappa shape index (κ3) is 4.91. The first-order chi connectivity index (χ1) is 16.1. The Morgan fingerprint density at radius 1 is 1.03 bits per heavy atom. The number of H-pyrrole nitrogens is 1. The van der Waals surface area contributed by atoms with Crippen molar-refractivity contribution in [1.82, 2.24) is 19.8 Å². The number of likely N-dealkylation sites (tertiary alicyclic amines) is 1. The van der Waals surface area contributed by atoms with E-state index < -0.39 is 0 Å². The molecule has 0 unspecified atom stereocenters. The minimum absolute atomic E-state index is 0.00481. The summed E-state index contributed by atoms with van der Waals surface area (Å²) in [5, 5.41) is 0. The summed E-state index contributed by atoms with van der Waals surface area (Å²) < 4.78 is 0. The van der Waals surface area contributed by atoms with Gasteiger partial charge < -0.3 is 9.88 Å². The van der Waals surface area contributed by atoms with E-state index in [0.29, 0.717) is 18.3 Å². The van der Waals surface area contributed by atoms with Crippen molar-refractivity contribution in [3.63, 3.8) is 0 Å². The third-order valence-electron chi connectivity index (χ3n) is 7.83. The summed E-state index contributed by atoms with van der Waals surface area (Å²) in [6.07, 6.45) is 10.5. The summed E-state index contributed by atoms with van der Waals surface area (Å²) in [5.74, 6) is 0.800. The summed E-state index contributed by atoms with van der Waals surface area (Å²) in [7, 11) is 0. The van der Waals surface area contributed by atoms with Crippen molar-refractivity contribution in [3.8, 4) is 0 Å². The van der Waals surface area contributed by atoms with E-state index in [1.165, 1.54) is 37.7 Å². The molecule has 3 heterocycles. The zero-order chi connectivity index (χ0) is 22.8. The van der Waals surface area contributed by atoms with Gasteiger partial charge in [0.25, 0.3) is 5.56 Å². The molecule has 1 aromatic heterocycles. The number of aromatic amines is 1. The fourth-order valence-corrected chi connectivity index (χ4v) is 5.89. The number of benzene rings is 1. The van der Waals surface area contributed by atoms with Crippen LogP contribution in [0.2, 0.25) is 0 Å². The molecule has 0 bridgehead atoms. The lowest BCUT2D eigenvalue weighted by molar-refractivity contribution is -0.134. The molecule has 1 aliphatic carbocycles. The highest BCUT2D eigenvalue weighted by Crippen LogP contribution is 2.31. The van der Waals surface area contributed by atoms with Gasteiger partial charge in [0, 0.05) is 31.2 Å². The second kappa shape index (κ2) is 9.80. The van der Waals surface area contributed by atoms with Crippen molar-refractivity contribution in [2.45, 2.75) is 89.8 Å². The molecule has 176 valence electrons. The zero-order valence-corrected chi connectivity index (χ0v) is 19.8. The van der Waals surface area contributed by atoms with Crippen LogP contribution in [0.25, 0.3) is 0 Å². The van der Waals surface area contributed by atoms with Crippen LogP contribution in [-0.2, 0) is 24.2 Å². The molecule has 3 aliphatic rings. The molecule has 5 rings (SSSR count). The number of hydrogen-bond acceptors (Lipinski definition) is 4. The first-order valence-electron chi connectivity index (χ1n) is 12.8. The van der Waals surface area contributed by atoms with Crippen LogP contribution in [0.1, 0.15) is 85.6 Å². The van der Waals surface area contributed by atoms with Gasteiger partial charge in [-0.3, -0.25) is 14.5 Å². The maximum atomic E-state index is 13.3. The first kappa shape index (κ1) is 22.3. The van der Waals surface area contributed by atoms with Crippen molar-refractivity contribution in [2.75, 3.05) is 13.1 Å². The van der Waals surface area contributed by atoms with Crippen LogP contribution in [0, 0.1) is 6.92 Å². The quantitative estimate of drug-likeness (QED) is 0.766. The molecule has 33 heavy (non-hydrogen) atoms. The Morgan fingerprint density at radius 3 is 2.58 bits per heavy atom. The number of amides is 1. The Kier molecular flexibility index (Phi) is 6.63. The van der Waals surface area contributed by atoms with E-state index in [4.69, 9.17) is 4.98 Å². The van der Waals surface area contributed by atoms with Gasteiger partial charge in [0.2, 0.25) is 5.91 Å². The highest BCUT2D eigenvalue weighted by atomic mass is 16.2. The Morgan fingerprint density at radius 2 is 1.79 bits per heavy atom. The Balaban J connectivity index is 1.37. The zero-order valence-electron chi connectivity index (χ0n) is 19.8. The normalized spacial score (nSPS) is 22.2. The molecule has 0 spiro atoms.